The zero-order valence-electron chi connectivity index (χ0n) is 10.3. The van der Waals surface area contributed by atoms with Crippen molar-refractivity contribution in [1.82, 2.24) is 9.55 Å². The summed E-state index contributed by atoms with van der Waals surface area (Å²) in [5.41, 5.74) is 8.06. The number of rotatable bonds is 3. The van der Waals surface area contributed by atoms with E-state index < -0.39 is 5.91 Å². The molecule has 4 heteroatoms. The molecule has 2 heterocycles. The molecule has 0 fully saturated rings. The van der Waals surface area contributed by atoms with E-state index in [1.165, 1.54) is 0 Å². The minimum absolute atomic E-state index is 0.402. The van der Waals surface area contributed by atoms with Crippen LogP contribution in [-0.2, 0) is 6.54 Å². The van der Waals surface area contributed by atoms with Crippen molar-refractivity contribution in [3.63, 3.8) is 0 Å². The van der Waals surface area contributed by atoms with E-state index in [9.17, 15) is 4.79 Å². The average molecular weight is 251 g/mol. The Kier molecular flexibility index (Phi) is 2.76. The number of aromatic nitrogens is 2. The van der Waals surface area contributed by atoms with Crippen LogP contribution in [0.3, 0.4) is 0 Å². The van der Waals surface area contributed by atoms with E-state index in [0.29, 0.717) is 12.1 Å². The van der Waals surface area contributed by atoms with Gasteiger partial charge in [-0.2, -0.15) is 0 Å². The number of nitrogens with zero attached hydrogens (tertiary/aromatic N) is 2. The van der Waals surface area contributed by atoms with Crippen LogP contribution in [0.1, 0.15) is 15.9 Å². The monoisotopic (exact) mass is 251 g/mol. The first-order valence-corrected chi connectivity index (χ1v) is 6.02. The normalized spacial score (nSPS) is 10.7. The summed E-state index contributed by atoms with van der Waals surface area (Å²) in [4.78, 5) is 15.6. The second-order valence-corrected chi connectivity index (χ2v) is 4.41. The lowest BCUT2D eigenvalue weighted by molar-refractivity contribution is 0.100. The molecule has 3 rings (SSSR count). The molecule has 3 aromatic rings. The SMILES string of the molecule is NC(=O)c1cn(Cc2cccnc2)c2ccccc12. The van der Waals surface area contributed by atoms with Gasteiger partial charge in [0.2, 0.25) is 0 Å². The molecule has 0 spiro atoms. The fourth-order valence-electron chi connectivity index (χ4n) is 2.26. The van der Waals surface area contributed by atoms with Gasteiger partial charge in [0.05, 0.1) is 5.56 Å². The number of carbonyl (C=O) groups is 1. The van der Waals surface area contributed by atoms with Crippen molar-refractivity contribution in [2.24, 2.45) is 5.73 Å². The van der Waals surface area contributed by atoms with Crippen molar-refractivity contribution in [2.45, 2.75) is 6.54 Å². The highest BCUT2D eigenvalue weighted by molar-refractivity contribution is 6.06. The number of pyridine rings is 1. The summed E-state index contributed by atoms with van der Waals surface area (Å²) in [5, 5.41) is 0.888. The second-order valence-electron chi connectivity index (χ2n) is 4.41. The highest BCUT2D eigenvalue weighted by Crippen LogP contribution is 2.21. The lowest BCUT2D eigenvalue weighted by Crippen LogP contribution is -2.10. The summed E-state index contributed by atoms with van der Waals surface area (Å²) in [6.07, 6.45) is 5.37. The molecule has 0 bridgehead atoms. The summed E-state index contributed by atoms with van der Waals surface area (Å²) in [6.45, 7) is 0.668. The maximum absolute atomic E-state index is 11.5. The molecule has 0 atom stereocenters. The molecule has 0 saturated carbocycles. The van der Waals surface area contributed by atoms with Gasteiger partial charge in [-0.25, -0.2) is 0 Å². The molecule has 0 unspecified atom stereocenters. The van der Waals surface area contributed by atoms with Gasteiger partial charge in [-0.05, 0) is 17.7 Å². The Hall–Kier alpha value is -2.62. The first-order valence-electron chi connectivity index (χ1n) is 6.02. The Morgan fingerprint density at radius 3 is 2.79 bits per heavy atom. The molecule has 1 amide bonds. The Bertz CT molecular complexity index is 731. The van der Waals surface area contributed by atoms with Gasteiger partial charge in [-0.15, -0.1) is 0 Å². The van der Waals surface area contributed by atoms with E-state index in [4.69, 9.17) is 5.73 Å². The number of amides is 1. The van der Waals surface area contributed by atoms with Crippen molar-refractivity contribution in [2.75, 3.05) is 0 Å². The van der Waals surface area contributed by atoms with E-state index in [-0.39, 0.29) is 0 Å². The maximum atomic E-state index is 11.5. The molecule has 4 nitrogen and oxygen atoms in total. The zero-order valence-corrected chi connectivity index (χ0v) is 10.3. The molecule has 19 heavy (non-hydrogen) atoms. The standard InChI is InChI=1S/C15H13N3O/c16-15(19)13-10-18(9-11-4-3-7-17-8-11)14-6-2-1-5-12(13)14/h1-8,10H,9H2,(H2,16,19). The third-order valence-electron chi connectivity index (χ3n) is 3.13. The van der Waals surface area contributed by atoms with Crippen molar-refractivity contribution in [1.29, 1.82) is 0 Å². The van der Waals surface area contributed by atoms with E-state index >= 15 is 0 Å². The Morgan fingerprint density at radius 2 is 2.05 bits per heavy atom. The smallest absolute Gasteiger partial charge is 0.250 e. The molecule has 0 saturated heterocycles. The van der Waals surface area contributed by atoms with Crippen LogP contribution >= 0.6 is 0 Å². The average Bonchev–Trinajstić information content (AvgIpc) is 2.79. The Labute approximate surface area is 110 Å². The predicted molar refractivity (Wildman–Crippen MR) is 73.8 cm³/mol. The Morgan fingerprint density at radius 1 is 1.21 bits per heavy atom. The number of fused-ring (bicyclic) bond motifs is 1. The lowest BCUT2D eigenvalue weighted by Gasteiger charge is -2.04. The highest BCUT2D eigenvalue weighted by atomic mass is 16.1. The molecular formula is C15H13N3O. The summed E-state index contributed by atoms with van der Waals surface area (Å²) >= 11 is 0. The largest absolute Gasteiger partial charge is 0.366 e. The van der Waals surface area contributed by atoms with Gasteiger partial charge in [0.1, 0.15) is 0 Å². The van der Waals surface area contributed by atoms with Crippen LogP contribution in [0.15, 0.2) is 55.0 Å². The number of primary amides is 1. The van der Waals surface area contributed by atoms with Crippen LogP contribution in [-0.4, -0.2) is 15.5 Å². The number of hydrogen-bond donors (Lipinski definition) is 1. The number of nitrogens with two attached hydrogens (primary N) is 1. The van der Waals surface area contributed by atoms with Gasteiger partial charge in [-0.3, -0.25) is 9.78 Å². The summed E-state index contributed by atoms with van der Waals surface area (Å²) in [7, 11) is 0. The number of para-hydroxylation sites is 1. The van der Waals surface area contributed by atoms with Crippen LogP contribution in [0.2, 0.25) is 0 Å². The third kappa shape index (κ3) is 2.08. The lowest BCUT2D eigenvalue weighted by atomic mass is 10.2. The summed E-state index contributed by atoms with van der Waals surface area (Å²) in [6, 6.07) is 11.7. The van der Waals surface area contributed by atoms with E-state index in [0.717, 1.165) is 16.5 Å². The van der Waals surface area contributed by atoms with Crippen LogP contribution in [0, 0.1) is 0 Å². The highest BCUT2D eigenvalue weighted by Gasteiger charge is 2.12. The molecule has 1 aromatic carbocycles. The van der Waals surface area contributed by atoms with Crippen molar-refractivity contribution < 1.29 is 4.79 Å². The first-order chi connectivity index (χ1) is 9.25. The van der Waals surface area contributed by atoms with Crippen LogP contribution in [0.4, 0.5) is 0 Å². The minimum atomic E-state index is -0.402. The van der Waals surface area contributed by atoms with Crippen molar-refractivity contribution >= 4 is 16.8 Å². The molecule has 2 N–H and O–H groups in total. The second kappa shape index (κ2) is 4.57. The van der Waals surface area contributed by atoms with Crippen molar-refractivity contribution in [3.8, 4) is 0 Å². The predicted octanol–water partition coefficient (Wildman–Crippen LogP) is 2.18. The summed E-state index contributed by atoms with van der Waals surface area (Å²) < 4.78 is 2.02. The number of benzene rings is 1. The van der Waals surface area contributed by atoms with Crippen LogP contribution in [0.25, 0.3) is 10.9 Å². The Balaban J connectivity index is 2.11. The van der Waals surface area contributed by atoms with E-state index in [1.807, 2.05) is 47.2 Å². The molecule has 2 aromatic heterocycles. The zero-order chi connectivity index (χ0) is 13.2. The van der Waals surface area contributed by atoms with Gasteiger partial charge in [0.15, 0.2) is 0 Å². The third-order valence-corrected chi connectivity index (χ3v) is 3.13. The molecule has 0 aliphatic rings. The minimum Gasteiger partial charge on any atom is -0.366 e. The van der Waals surface area contributed by atoms with Gasteiger partial charge in [-0.1, -0.05) is 24.3 Å². The fourth-order valence-corrected chi connectivity index (χ4v) is 2.26. The number of hydrogen-bond acceptors (Lipinski definition) is 2. The van der Waals surface area contributed by atoms with Gasteiger partial charge >= 0.3 is 0 Å². The molecule has 0 aliphatic heterocycles. The van der Waals surface area contributed by atoms with Crippen LogP contribution in [0.5, 0.6) is 0 Å². The quantitative estimate of drug-likeness (QED) is 0.775. The molecule has 0 aliphatic carbocycles. The molecule has 0 radical (unpaired) electrons. The maximum Gasteiger partial charge on any atom is 0.250 e. The van der Waals surface area contributed by atoms with Crippen molar-refractivity contribution in [3.05, 3.63) is 66.1 Å². The molecular weight excluding hydrogens is 238 g/mol. The fraction of sp³-hybridized carbons (Fsp3) is 0.0667. The van der Waals surface area contributed by atoms with E-state index in [1.54, 1.807) is 12.4 Å². The van der Waals surface area contributed by atoms with Gasteiger partial charge in [0.25, 0.3) is 5.91 Å². The topological polar surface area (TPSA) is 60.9 Å². The number of carbonyl (C=O) groups excluding carboxylic acids is 1. The van der Waals surface area contributed by atoms with Crippen LogP contribution < -0.4 is 5.73 Å². The van der Waals surface area contributed by atoms with E-state index in [2.05, 4.69) is 4.98 Å². The first kappa shape index (κ1) is 11.5. The molecule has 94 valence electrons. The van der Waals surface area contributed by atoms with Gasteiger partial charge in [0, 0.05) is 36.0 Å². The van der Waals surface area contributed by atoms with Gasteiger partial charge < -0.3 is 10.3 Å². The summed E-state index contributed by atoms with van der Waals surface area (Å²) in [5.74, 6) is -0.402.